The fourth-order valence-electron chi connectivity index (χ4n) is 0.493. The Labute approximate surface area is 48.9 Å². The maximum atomic E-state index is 2.32. The molecule has 0 saturated carbocycles. The quantitative estimate of drug-likeness (QED) is 0.390. The molecule has 0 amide bonds. The van der Waals surface area contributed by atoms with Gasteiger partial charge in [0.05, 0.1) is 0 Å². The molecule has 0 spiro atoms. The monoisotopic (exact) mass is 116 g/mol. The van der Waals surface area contributed by atoms with Crippen molar-refractivity contribution >= 4 is 15.3 Å². The van der Waals surface area contributed by atoms with Crippen LogP contribution in [0.5, 0.6) is 0 Å². The van der Waals surface area contributed by atoms with E-state index in [4.69, 9.17) is 0 Å². The van der Waals surface area contributed by atoms with Gasteiger partial charge in [-0.3, -0.25) is 0 Å². The third kappa shape index (κ3) is 4.35. The van der Waals surface area contributed by atoms with Gasteiger partial charge in [0.2, 0.25) is 0 Å². The highest BCUT2D eigenvalue weighted by Gasteiger charge is 1.98. The van der Waals surface area contributed by atoms with E-state index in [9.17, 15) is 0 Å². The smallest absolute Gasteiger partial charge is 0.133 e. The Morgan fingerprint density at radius 2 is 2.14 bits per heavy atom. The van der Waals surface area contributed by atoms with Crippen molar-refractivity contribution in [1.29, 1.82) is 0 Å². The van der Waals surface area contributed by atoms with Crippen LogP contribution in [0.3, 0.4) is 0 Å². The predicted octanol–water partition coefficient (Wildman–Crippen LogP) is 1.98. The van der Waals surface area contributed by atoms with Crippen molar-refractivity contribution in [3.8, 4) is 0 Å². The van der Waals surface area contributed by atoms with Gasteiger partial charge in [0, 0.05) is 0 Å². The lowest BCUT2D eigenvalue weighted by atomic mass is 9.52. The lowest BCUT2D eigenvalue weighted by Crippen LogP contribution is -2.06. The standard InChI is InChI=1S/C5H14BP/c1-4-6(2)5-7-3/h7H,4-5H2,1-3H3. The van der Waals surface area contributed by atoms with Crippen LogP contribution in [0.4, 0.5) is 0 Å². The summed E-state index contributed by atoms with van der Waals surface area (Å²) in [6.07, 6.45) is 1.35. The van der Waals surface area contributed by atoms with E-state index >= 15 is 0 Å². The molecule has 0 aliphatic carbocycles. The minimum absolute atomic E-state index is 0.961. The lowest BCUT2D eigenvalue weighted by molar-refractivity contribution is 1.41. The Kier molecular flexibility index (Phi) is 4.98. The van der Waals surface area contributed by atoms with Gasteiger partial charge in [0.1, 0.15) is 6.71 Å². The van der Waals surface area contributed by atoms with Crippen molar-refractivity contribution in [2.75, 3.05) is 12.7 Å². The molecular formula is C5H14BP. The maximum Gasteiger partial charge on any atom is 0.140 e. The molecule has 1 unspecified atom stereocenters. The van der Waals surface area contributed by atoms with Crippen LogP contribution in [-0.4, -0.2) is 19.4 Å². The van der Waals surface area contributed by atoms with E-state index in [0.717, 1.165) is 15.3 Å². The molecule has 0 bridgehead atoms. The normalized spacial score (nSPS) is 10.7. The van der Waals surface area contributed by atoms with Crippen LogP contribution < -0.4 is 0 Å². The summed E-state index contributed by atoms with van der Waals surface area (Å²) in [6.45, 7) is 7.80. The zero-order valence-corrected chi connectivity index (χ0v) is 6.49. The van der Waals surface area contributed by atoms with Gasteiger partial charge in [-0.25, -0.2) is 0 Å². The summed E-state index contributed by atoms with van der Waals surface area (Å²) in [5, 5.41) is 0. The molecule has 0 nitrogen and oxygen atoms in total. The summed E-state index contributed by atoms with van der Waals surface area (Å²) < 4.78 is 0. The van der Waals surface area contributed by atoms with Crippen molar-refractivity contribution in [2.45, 2.75) is 20.1 Å². The SMILES string of the molecule is CCB(C)CPC. The molecule has 0 fully saturated rings. The van der Waals surface area contributed by atoms with Crippen molar-refractivity contribution < 1.29 is 0 Å². The summed E-state index contributed by atoms with van der Waals surface area (Å²) in [7, 11) is 1.14. The van der Waals surface area contributed by atoms with E-state index in [0.29, 0.717) is 0 Å². The second kappa shape index (κ2) is 4.65. The minimum Gasteiger partial charge on any atom is -0.133 e. The highest BCUT2D eigenvalue weighted by Crippen LogP contribution is 2.05. The van der Waals surface area contributed by atoms with Crippen LogP contribution in [0, 0.1) is 0 Å². The molecule has 0 aliphatic heterocycles. The molecule has 0 aromatic carbocycles. The zero-order chi connectivity index (χ0) is 5.70. The minimum atomic E-state index is 0.961. The van der Waals surface area contributed by atoms with Gasteiger partial charge < -0.3 is 0 Å². The molecule has 0 aromatic heterocycles. The van der Waals surface area contributed by atoms with Crippen LogP contribution in [0.1, 0.15) is 6.92 Å². The van der Waals surface area contributed by atoms with Gasteiger partial charge in [-0.2, -0.15) is 0 Å². The third-order valence-corrected chi connectivity index (χ3v) is 2.35. The third-order valence-electron chi connectivity index (χ3n) is 1.25. The van der Waals surface area contributed by atoms with Crippen molar-refractivity contribution in [3.05, 3.63) is 0 Å². The van der Waals surface area contributed by atoms with E-state index in [-0.39, 0.29) is 0 Å². The maximum absolute atomic E-state index is 2.32. The largest absolute Gasteiger partial charge is 0.140 e. The Balaban J connectivity index is 2.83. The van der Waals surface area contributed by atoms with Crippen LogP contribution >= 0.6 is 8.58 Å². The molecule has 2 heteroatoms. The summed E-state index contributed by atoms with van der Waals surface area (Å²) >= 11 is 0. The first-order valence-electron chi connectivity index (χ1n) is 2.95. The van der Waals surface area contributed by atoms with Crippen LogP contribution in [-0.2, 0) is 0 Å². The van der Waals surface area contributed by atoms with Crippen molar-refractivity contribution in [2.24, 2.45) is 0 Å². The van der Waals surface area contributed by atoms with Gasteiger partial charge in [-0.1, -0.05) is 26.1 Å². The second-order valence-corrected chi connectivity index (χ2v) is 3.19. The van der Waals surface area contributed by atoms with Crippen LogP contribution in [0.25, 0.3) is 0 Å². The molecule has 42 valence electrons. The van der Waals surface area contributed by atoms with E-state index in [1.165, 1.54) is 12.4 Å². The molecule has 0 heterocycles. The predicted molar refractivity (Wildman–Crippen MR) is 41.2 cm³/mol. The fourth-order valence-corrected chi connectivity index (χ4v) is 1.48. The highest BCUT2D eigenvalue weighted by atomic mass is 31.1. The van der Waals surface area contributed by atoms with E-state index < -0.39 is 0 Å². The van der Waals surface area contributed by atoms with E-state index in [2.05, 4.69) is 20.4 Å². The topological polar surface area (TPSA) is 0 Å². The molecule has 0 radical (unpaired) electrons. The number of hydrogen-bond donors (Lipinski definition) is 0. The van der Waals surface area contributed by atoms with Gasteiger partial charge in [-0.05, 0) is 6.66 Å². The van der Waals surface area contributed by atoms with Crippen LogP contribution in [0.2, 0.25) is 13.1 Å². The van der Waals surface area contributed by atoms with E-state index in [1.54, 1.807) is 0 Å². The second-order valence-electron chi connectivity index (χ2n) is 2.07. The lowest BCUT2D eigenvalue weighted by Gasteiger charge is -1.97. The number of rotatable bonds is 3. The van der Waals surface area contributed by atoms with Gasteiger partial charge in [0.25, 0.3) is 0 Å². The van der Waals surface area contributed by atoms with Crippen LogP contribution in [0.15, 0.2) is 0 Å². The Hall–Kier alpha value is 0.495. The van der Waals surface area contributed by atoms with Gasteiger partial charge in [0.15, 0.2) is 0 Å². The summed E-state index contributed by atoms with van der Waals surface area (Å²) in [4.78, 5) is 0. The van der Waals surface area contributed by atoms with E-state index in [1.807, 2.05) is 0 Å². The van der Waals surface area contributed by atoms with Crippen molar-refractivity contribution in [1.82, 2.24) is 0 Å². The summed E-state index contributed by atoms with van der Waals surface area (Å²) in [6, 6.07) is 1.43. The average Bonchev–Trinajstić information content (AvgIpc) is 1.68. The molecule has 0 saturated heterocycles. The highest BCUT2D eigenvalue weighted by molar-refractivity contribution is 7.40. The first kappa shape index (κ1) is 7.49. The first-order chi connectivity index (χ1) is 3.31. The Bertz CT molecular complexity index is 39.1. The van der Waals surface area contributed by atoms with Gasteiger partial charge >= 0.3 is 0 Å². The molecule has 1 atom stereocenters. The van der Waals surface area contributed by atoms with Crippen molar-refractivity contribution in [3.63, 3.8) is 0 Å². The molecule has 7 heavy (non-hydrogen) atoms. The fraction of sp³-hybridized carbons (Fsp3) is 1.00. The summed E-state index contributed by atoms with van der Waals surface area (Å²) in [5.74, 6) is 0. The molecular weight excluding hydrogens is 102 g/mol. The Morgan fingerprint density at radius 1 is 1.57 bits per heavy atom. The number of hydrogen-bond acceptors (Lipinski definition) is 0. The zero-order valence-electron chi connectivity index (χ0n) is 5.49. The molecule has 0 aromatic rings. The molecule has 0 rings (SSSR count). The molecule has 0 aliphatic rings. The average molecular weight is 116 g/mol. The van der Waals surface area contributed by atoms with Gasteiger partial charge in [-0.15, -0.1) is 8.58 Å². The first-order valence-corrected chi connectivity index (χ1v) is 4.66. The Morgan fingerprint density at radius 3 is 2.29 bits per heavy atom. The summed E-state index contributed by atoms with van der Waals surface area (Å²) in [5.41, 5.74) is 0. The molecule has 0 N–H and O–H groups in total.